The molecule has 29 heavy (non-hydrogen) atoms. The Balaban J connectivity index is 1.76. The van der Waals surface area contributed by atoms with Gasteiger partial charge in [-0.15, -0.1) is 0 Å². The second-order valence-electron chi connectivity index (χ2n) is 8.03. The Hall–Kier alpha value is -2.19. The molecule has 1 aromatic heterocycles. The summed E-state index contributed by atoms with van der Waals surface area (Å²) in [4.78, 5) is 14.8. The van der Waals surface area contributed by atoms with Gasteiger partial charge >= 0.3 is 0 Å². The molecular formula is C21H30N4O3S. The first-order chi connectivity index (χ1) is 13.5. The van der Waals surface area contributed by atoms with Crippen LogP contribution in [0.25, 0.3) is 0 Å². The first-order valence-corrected chi connectivity index (χ1v) is 11.4. The lowest BCUT2D eigenvalue weighted by atomic mass is 10.1. The highest BCUT2D eigenvalue weighted by atomic mass is 32.2. The van der Waals surface area contributed by atoms with Gasteiger partial charge in [-0.3, -0.25) is 9.48 Å². The number of amides is 1. The van der Waals surface area contributed by atoms with E-state index in [9.17, 15) is 13.2 Å². The van der Waals surface area contributed by atoms with Gasteiger partial charge in [-0.2, -0.15) is 9.40 Å². The Kier molecular flexibility index (Phi) is 5.87. The number of piperazine rings is 1. The molecule has 0 atom stereocenters. The molecule has 1 amide bonds. The number of nitrogens with zero attached hydrogens (tertiary/aromatic N) is 4. The van der Waals surface area contributed by atoms with Crippen molar-refractivity contribution in [2.45, 2.75) is 52.5 Å². The maximum atomic E-state index is 13.3. The molecule has 0 saturated carbocycles. The second-order valence-corrected chi connectivity index (χ2v) is 9.91. The van der Waals surface area contributed by atoms with Crippen LogP contribution in [0.5, 0.6) is 0 Å². The van der Waals surface area contributed by atoms with Crippen molar-refractivity contribution in [3.05, 3.63) is 46.3 Å². The number of aromatic nitrogens is 2. The standard InChI is InChI=1S/C21H30N4O3S/c1-14(2)25-18(6)20(17(5)22-25)29(27,28)24-11-9-23(10-12-24)21(26)19-8-7-15(3)16(4)13-19/h7-8,13-14H,9-12H2,1-6H3. The lowest BCUT2D eigenvalue weighted by Crippen LogP contribution is -2.50. The van der Waals surface area contributed by atoms with Gasteiger partial charge in [0, 0.05) is 37.8 Å². The largest absolute Gasteiger partial charge is 0.336 e. The van der Waals surface area contributed by atoms with Crippen molar-refractivity contribution in [3.8, 4) is 0 Å². The molecule has 158 valence electrons. The first-order valence-electron chi connectivity index (χ1n) is 9.96. The number of carbonyl (C=O) groups excluding carboxylic acids is 1. The number of sulfonamides is 1. The Morgan fingerprint density at radius 2 is 1.62 bits per heavy atom. The van der Waals surface area contributed by atoms with Crippen molar-refractivity contribution in [2.75, 3.05) is 26.2 Å². The van der Waals surface area contributed by atoms with Crippen LogP contribution in [0.3, 0.4) is 0 Å². The molecule has 1 saturated heterocycles. The molecule has 8 heteroatoms. The predicted molar refractivity (Wildman–Crippen MR) is 113 cm³/mol. The van der Waals surface area contributed by atoms with Gasteiger partial charge in [0.05, 0.1) is 11.4 Å². The number of benzene rings is 1. The number of carbonyl (C=O) groups is 1. The maximum absolute atomic E-state index is 13.3. The fourth-order valence-corrected chi connectivity index (χ4v) is 5.62. The van der Waals surface area contributed by atoms with E-state index in [-0.39, 0.29) is 25.0 Å². The van der Waals surface area contributed by atoms with Crippen molar-refractivity contribution in [1.82, 2.24) is 19.0 Å². The summed E-state index contributed by atoms with van der Waals surface area (Å²) >= 11 is 0. The molecule has 3 rings (SSSR count). The van der Waals surface area contributed by atoms with Crippen LogP contribution in [0.4, 0.5) is 0 Å². The van der Waals surface area contributed by atoms with Gasteiger partial charge in [-0.25, -0.2) is 8.42 Å². The molecule has 0 bridgehead atoms. The Morgan fingerprint density at radius 3 is 2.14 bits per heavy atom. The van der Waals surface area contributed by atoms with E-state index < -0.39 is 10.0 Å². The summed E-state index contributed by atoms with van der Waals surface area (Å²) in [7, 11) is -3.65. The van der Waals surface area contributed by atoms with Gasteiger partial charge in [0.2, 0.25) is 10.0 Å². The molecular weight excluding hydrogens is 388 g/mol. The first kappa shape index (κ1) is 21.5. The molecule has 1 aliphatic rings. The molecule has 1 aromatic carbocycles. The normalized spacial score (nSPS) is 15.9. The minimum Gasteiger partial charge on any atom is -0.336 e. The smallest absolute Gasteiger partial charge is 0.253 e. The van der Waals surface area contributed by atoms with Gasteiger partial charge in [0.1, 0.15) is 4.90 Å². The van der Waals surface area contributed by atoms with Crippen molar-refractivity contribution in [3.63, 3.8) is 0 Å². The molecule has 0 spiro atoms. The van der Waals surface area contributed by atoms with Crippen LogP contribution in [0.2, 0.25) is 0 Å². The average Bonchev–Trinajstić information content (AvgIpc) is 2.98. The Labute approximate surface area is 173 Å². The quantitative estimate of drug-likeness (QED) is 0.765. The summed E-state index contributed by atoms with van der Waals surface area (Å²) in [6.45, 7) is 12.8. The predicted octanol–water partition coefficient (Wildman–Crippen LogP) is 2.84. The third-order valence-corrected chi connectivity index (χ3v) is 7.78. The van der Waals surface area contributed by atoms with Crippen LogP contribution in [0, 0.1) is 27.7 Å². The van der Waals surface area contributed by atoms with E-state index in [2.05, 4.69) is 5.10 Å². The monoisotopic (exact) mass is 418 g/mol. The summed E-state index contributed by atoms with van der Waals surface area (Å²) < 4.78 is 29.7. The summed E-state index contributed by atoms with van der Waals surface area (Å²) in [6.07, 6.45) is 0. The molecule has 1 fully saturated rings. The Bertz CT molecular complexity index is 1030. The van der Waals surface area contributed by atoms with E-state index in [0.29, 0.717) is 34.9 Å². The van der Waals surface area contributed by atoms with Crippen LogP contribution in [0.15, 0.2) is 23.1 Å². The molecule has 0 radical (unpaired) electrons. The maximum Gasteiger partial charge on any atom is 0.253 e. The molecule has 7 nitrogen and oxygen atoms in total. The van der Waals surface area contributed by atoms with E-state index in [1.165, 1.54) is 4.31 Å². The fourth-order valence-electron chi connectivity index (χ4n) is 3.84. The topological polar surface area (TPSA) is 75.5 Å². The molecule has 0 aliphatic carbocycles. The summed E-state index contributed by atoms with van der Waals surface area (Å²) in [5.41, 5.74) is 4.04. The van der Waals surface area contributed by atoms with E-state index in [4.69, 9.17) is 0 Å². The highest BCUT2D eigenvalue weighted by Crippen LogP contribution is 2.26. The molecule has 0 N–H and O–H groups in total. The van der Waals surface area contributed by atoms with Gasteiger partial charge in [0.25, 0.3) is 5.91 Å². The van der Waals surface area contributed by atoms with Crippen LogP contribution >= 0.6 is 0 Å². The average molecular weight is 419 g/mol. The third kappa shape index (κ3) is 3.96. The van der Waals surface area contributed by atoms with Gasteiger partial charge < -0.3 is 4.90 Å². The minimum atomic E-state index is -3.65. The summed E-state index contributed by atoms with van der Waals surface area (Å²) in [5.74, 6) is -0.0508. The van der Waals surface area contributed by atoms with Gasteiger partial charge in [-0.05, 0) is 64.8 Å². The third-order valence-electron chi connectivity index (χ3n) is 5.63. The van der Waals surface area contributed by atoms with Gasteiger partial charge in [-0.1, -0.05) is 6.07 Å². The van der Waals surface area contributed by atoms with Crippen molar-refractivity contribution < 1.29 is 13.2 Å². The zero-order valence-corrected chi connectivity index (χ0v) is 18.9. The fraction of sp³-hybridized carbons (Fsp3) is 0.524. The van der Waals surface area contributed by atoms with E-state index in [1.54, 1.807) is 23.4 Å². The van der Waals surface area contributed by atoms with Crippen LogP contribution < -0.4 is 0 Å². The minimum absolute atomic E-state index is 0.0508. The number of hydrogen-bond acceptors (Lipinski definition) is 4. The molecule has 2 aromatic rings. The Morgan fingerprint density at radius 1 is 1.00 bits per heavy atom. The highest BCUT2D eigenvalue weighted by Gasteiger charge is 2.34. The zero-order chi connectivity index (χ0) is 21.5. The molecule has 0 unspecified atom stereocenters. The lowest BCUT2D eigenvalue weighted by Gasteiger charge is -2.34. The van der Waals surface area contributed by atoms with Crippen LogP contribution in [-0.4, -0.2) is 59.5 Å². The number of aryl methyl sites for hydroxylation is 3. The van der Waals surface area contributed by atoms with Crippen molar-refractivity contribution >= 4 is 15.9 Å². The summed E-state index contributed by atoms with van der Waals surface area (Å²) in [6, 6.07) is 5.76. The SMILES string of the molecule is Cc1ccc(C(=O)N2CCN(S(=O)(=O)c3c(C)nn(C(C)C)c3C)CC2)cc1C. The van der Waals surface area contributed by atoms with Crippen molar-refractivity contribution in [1.29, 1.82) is 0 Å². The van der Waals surface area contributed by atoms with Crippen molar-refractivity contribution in [2.24, 2.45) is 0 Å². The lowest BCUT2D eigenvalue weighted by molar-refractivity contribution is 0.0697. The van der Waals surface area contributed by atoms with Gasteiger partial charge in [0.15, 0.2) is 0 Å². The molecule has 1 aliphatic heterocycles. The van der Waals surface area contributed by atoms with E-state index >= 15 is 0 Å². The second kappa shape index (κ2) is 7.91. The number of rotatable bonds is 4. The number of hydrogen-bond donors (Lipinski definition) is 0. The van der Waals surface area contributed by atoms with E-state index in [1.807, 2.05) is 45.9 Å². The summed E-state index contributed by atoms with van der Waals surface area (Å²) in [5, 5.41) is 4.42. The zero-order valence-electron chi connectivity index (χ0n) is 18.1. The molecule has 2 heterocycles. The highest BCUT2D eigenvalue weighted by molar-refractivity contribution is 7.89. The van der Waals surface area contributed by atoms with E-state index in [0.717, 1.165) is 11.1 Å². The van der Waals surface area contributed by atoms with Crippen LogP contribution in [0.1, 0.15) is 52.8 Å². The van der Waals surface area contributed by atoms with Crippen LogP contribution in [-0.2, 0) is 10.0 Å².